The quantitative estimate of drug-likeness (QED) is 0.505. The van der Waals surface area contributed by atoms with Crippen molar-refractivity contribution in [3.8, 4) is 16.9 Å². The minimum absolute atomic E-state index is 0.354. The first kappa shape index (κ1) is 17.0. The number of fused-ring (bicyclic) bond motifs is 1. The lowest BCUT2D eigenvalue weighted by molar-refractivity contribution is 0.560. The van der Waals surface area contributed by atoms with Crippen LogP contribution < -0.4 is 10.5 Å². The van der Waals surface area contributed by atoms with E-state index in [1.807, 2.05) is 48.7 Å². The average molecular weight is 360 g/mol. The van der Waals surface area contributed by atoms with E-state index in [9.17, 15) is 4.79 Å². The van der Waals surface area contributed by atoms with Crippen molar-refractivity contribution in [1.82, 2.24) is 15.0 Å². The maximum Gasteiger partial charge on any atom is 0.336 e. The van der Waals surface area contributed by atoms with Gasteiger partial charge in [0.2, 0.25) is 0 Å². The summed E-state index contributed by atoms with van der Waals surface area (Å²) in [6.45, 7) is 5.84. The first-order chi connectivity index (χ1) is 13.2. The standard InChI is InChI=1S/C21H20N4O2/c1-3-24(4-2)18-13-20-16(10-11-21(26)27-20)12-19(18)25-14-17(22-23-25)15-8-6-5-7-9-15/h5-14H,3-4H2,1-2H3. The Hall–Kier alpha value is -3.41. The van der Waals surface area contributed by atoms with Crippen molar-refractivity contribution in [1.29, 1.82) is 0 Å². The molecule has 0 aliphatic rings. The van der Waals surface area contributed by atoms with Crippen molar-refractivity contribution >= 4 is 16.7 Å². The molecule has 6 nitrogen and oxygen atoms in total. The molecule has 4 rings (SSSR count). The van der Waals surface area contributed by atoms with Gasteiger partial charge in [-0.2, -0.15) is 0 Å². The summed E-state index contributed by atoms with van der Waals surface area (Å²) in [4.78, 5) is 13.8. The topological polar surface area (TPSA) is 64.2 Å². The van der Waals surface area contributed by atoms with E-state index in [2.05, 4.69) is 29.1 Å². The van der Waals surface area contributed by atoms with Crippen LogP contribution in [0.3, 0.4) is 0 Å². The largest absolute Gasteiger partial charge is 0.423 e. The van der Waals surface area contributed by atoms with Crippen LogP contribution >= 0.6 is 0 Å². The van der Waals surface area contributed by atoms with E-state index < -0.39 is 0 Å². The van der Waals surface area contributed by atoms with E-state index >= 15 is 0 Å². The molecule has 0 amide bonds. The third-order valence-electron chi connectivity index (χ3n) is 4.63. The molecule has 2 aromatic carbocycles. The third-order valence-corrected chi connectivity index (χ3v) is 4.63. The molecule has 136 valence electrons. The van der Waals surface area contributed by atoms with Crippen LogP contribution in [0.2, 0.25) is 0 Å². The second kappa shape index (κ2) is 7.07. The molecule has 0 bridgehead atoms. The fourth-order valence-corrected chi connectivity index (χ4v) is 3.22. The highest BCUT2D eigenvalue weighted by Crippen LogP contribution is 2.30. The van der Waals surface area contributed by atoms with E-state index in [1.165, 1.54) is 6.07 Å². The number of benzene rings is 2. The molecule has 4 aromatic rings. The molecule has 0 fully saturated rings. The lowest BCUT2D eigenvalue weighted by atomic mass is 10.1. The summed E-state index contributed by atoms with van der Waals surface area (Å²) in [5, 5.41) is 9.52. The molecule has 0 spiro atoms. The summed E-state index contributed by atoms with van der Waals surface area (Å²) in [6, 6.07) is 17.0. The highest BCUT2D eigenvalue weighted by atomic mass is 16.4. The Labute approximate surface area is 156 Å². The summed E-state index contributed by atoms with van der Waals surface area (Å²) in [5.74, 6) is 0. The van der Waals surface area contributed by atoms with Crippen molar-refractivity contribution < 1.29 is 4.42 Å². The number of aromatic nitrogens is 3. The van der Waals surface area contributed by atoms with Crippen molar-refractivity contribution in [3.05, 3.63) is 71.2 Å². The zero-order valence-corrected chi connectivity index (χ0v) is 15.3. The molecular weight excluding hydrogens is 340 g/mol. The molecule has 0 aliphatic carbocycles. The lowest BCUT2D eigenvalue weighted by Gasteiger charge is -2.24. The van der Waals surface area contributed by atoms with Gasteiger partial charge in [0.15, 0.2) is 0 Å². The van der Waals surface area contributed by atoms with Gasteiger partial charge in [-0.25, -0.2) is 9.48 Å². The lowest BCUT2D eigenvalue weighted by Crippen LogP contribution is -2.23. The van der Waals surface area contributed by atoms with Gasteiger partial charge in [-0.1, -0.05) is 35.5 Å². The van der Waals surface area contributed by atoms with E-state index in [4.69, 9.17) is 4.42 Å². The zero-order chi connectivity index (χ0) is 18.8. The Balaban J connectivity index is 1.89. The van der Waals surface area contributed by atoms with E-state index in [1.54, 1.807) is 10.7 Å². The van der Waals surface area contributed by atoms with E-state index in [0.29, 0.717) is 5.58 Å². The minimum atomic E-state index is -0.354. The maximum atomic E-state index is 11.6. The molecular formula is C21H20N4O2. The van der Waals surface area contributed by atoms with Gasteiger partial charge in [0.05, 0.1) is 17.6 Å². The van der Waals surface area contributed by atoms with Gasteiger partial charge >= 0.3 is 5.63 Å². The Bertz CT molecular complexity index is 1130. The third kappa shape index (κ3) is 3.21. The van der Waals surface area contributed by atoms with Crippen LogP contribution in [0.15, 0.2) is 70.0 Å². The normalized spacial score (nSPS) is 11.0. The predicted octanol–water partition coefficient (Wildman–Crippen LogP) is 3.89. The summed E-state index contributed by atoms with van der Waals surface area (Å²) < 4.78 is 7.16. The molecule has 0 saturated heterocycles. The summed E-state index contributed by atoms with van der Waals surface area (Å²) in [7, 11) is 0. The van der Waals surface area contributed by atoms with Crippen LogP contribution in [0.5, 0.6) is 0 Å². The number of rotatable bonds is 5. The first-order valence-electron chi connectivity index (χ1n) is 9.00. The highest BCUT2D eigenvalue weighted by molar-refractivity contribution is 5.86. The van der Waals surface area contributed by atoms with Crippen molar-refractivity contribution in [2.24, 2.45) is 0 Å². The van der Waals surface area contributed by atoms with Crippen LogP contribution in [0.25, 0.3) is 27.9 Å². The fraction of sp³-hybridized carbons (Fsp3) is 0.190. The molecule has 0 aliphatic heterocycles. The van der Waals surface area contributed by atoms with Crippen molar-refractivity contribution in [2.75, 3.05) is 18.0 Å². The molecule has 6 heteroatoms. The molecule has 2 aromatic heterocycles. The monoisotopic (exact) mass is 360 g/mol. The van der Waals surface area contributed by atoms with Crippen LogP contribution in [0.1, 0.15) is 13.8 Å². The van der Waals surface area contributed by atoms with E-state index in [0.717, 1.165) is 41.1 Å². The smallest absolute Gasteiger partial charge is 0.336 e. The Morgan fingerprint density at radius 3 is 2.56 bits per heavy atom. The predicted molar refractivity (Wildman–Crippen MR) is 106 cm³/mol. The highest BCUT2D eigenvalue weighted by Gasteiger charge is 2.15. The number of hydrogen-bond acceptors (Lipinski definition) is 5. The SMILES string of the molecule is CCN(CC)c1cc2oc(=O)ccc2cc1-n1cc(-c2ccccc2)nn1. The van der Waals surface area contributed by atoms with Gasteiger partial charge in [0, 0.05) is 36.2 Å². The van der Waals surface area contributed by atoms with Crippen LogP contribution in [0, 0.1) is 0 Å². The first-order valence-corrected chi connectivity index (χ1v) is 9.00. The second-order valence-electron chi connectivity index (χ2n) is 6.22. The second-order valence-corrected chi connectivity index (χ2v) is 6.22. The van der Waals surface area contributed by atoms with E-state index in [-0.39, 0.29) is 5.63 Å². The minimum Gasteiger partial charge on any atom is -0.423 e. The fourth-order valence-electron chi connectivity index (χ4n) is 3.22. The van der Waals surface area contributed by atoms with Gasteiger partial charge in [0.25, 0.3) is 0 Å². The molecule has 0 atom stereocenters. The number of anilines is 1. The average Bonchev–Trinajstić information content (AvgIpc) is 3.19. The number of hydrogen-bond donors (Lipinski definition) is 0. The molecule has 0 radical (unpaired) electrons. The van der Waals surface area contributed by atoms with Crippen LogP contribution in [0.4, 0.5) is 5.69 Å². The van der Waals surface area contributed by atoms with Gasteiger partial charge in [-0.3, -0.25) is 0 Å². The van der Waals surface area contributed by atoms with Gasteiger partial charge < -0.3 is 9.32 Å². The molecule has 0 unspecified atom stereocenters. The Kier molecular flexibility index (Phi) is 4.46. The summed E-state index contributed by atoms with van der Waals surface area (Å²) >= 11 is 0. The Morgan fingerprint density at radius 2 is 1.81 bits per heavy atom. The van der Waals surface area contributed by atoms with Crippen molar-refractivity contribution in [3.63, 3.8) is 0 Å². The van der Waals surface area contributed by atoms with Gasteiger partial charge in [-0.05, 0) is 26.0 Å². The zero-order valence-electron chi connectivity index (χ0n) is 15.3. The van der Waals surface area contributed by atoms with Crippen LogP contribution in [-0.4, -0.2) is 28.1 Å². The number of nitrogens with zero attached hydrogens (tertiary/aromatic N) is 4. The van der Waals surface area contributed by atoms with Gasteiger partial charge in [0.1, 0.15) is 11.3 Å². The van der Waals surface area contributed by atoms with Crippen molar-refractivity contribution in [2.45, 2.75) is 13.8 Å². The molecule has 27 heavy (non-hydrogen) atoms. The Morgan fingerprint density at radius 1 is 1.04 bits per heavy atom. The van der Waals surface area contributed by atoms with Gasteiger partial charge in [-0.15, -0.1) is 5.10 Å². The van der Waals surface area contributed by atoms with Crippen LogP contribution in [-0.2, 0) is 0 Å². The molecule has 0 saturated carbocycles. The molecule has 2 heterocycles. The summed E-state index contributed by atoms with van der Waals surface area (Å²) in [6.07, 6.45) is 1.92. The summed E-state index contributed by atoms with van der Waals surface area (Å²) in [5.41, 5.74) is 3.88. The maximum absolute atomic E-state index is 11.6. The molecule has 0 N–H and O–H groups in total.